The van der Waals surface area contributed by atoms with Crippen LogP contribution in [0.5, 0.6) is 0 Å². The predicted octanol–water partition coefficient (Wildman–Crippen LogP) is 4.77. The summed E-state index contributed by atoms with van der Waals surface area (Å²) in [4.78, 5) is 26.6. The summed E-state index contributed by atoms with van der Waals surface area (Å²) >= 11 is 1.68. The first-order valence-corrected chi connectivity index (χ1v) is 8.93. The number of hydrogen-bond donors (Lipinski definition) is 1. The summed E-state index contributed by atoms with van der Waals surface area (Å²) in [5.41, 5.74) is 4.72. The zero-order valence-electron chi connectivity index (χ0n) is 13.8. The van der Waals surface area contributed by atoms with E-state index in [2.05, 4.69) is 29.0 Å². The highest BCUT2D eigenvalue weighted by atomic mass is 32.1. The molecule has 1 aromatic carbocycles. The Morgan fingerprint density at radius 1 is 1.12 bits per heavy atom. The topological polar surface area (TPSA) is 71.8 Å². The number of hydrogen-bond acceptors (Lipinski definition) is 5. The van der Waals surface area contributed by atoms with Gasteiger partial charge in [-0.05, 0) is 42.8 Å². The van der Waals surface area contributed by atoms with Crippen molar-refractivity contribution in [2.75, 3.05) is 0 Å². The van der Waals surface area contributed by atoms with Gasteiger partial charge in [0.1, 0.15) is 11.2 Å². The largest absolute Gasteiger partial charge is 0.443 e. The fourth-order valence-electron chi connectivity index (χ4n) is 3.09. The Balaban J connectivity index is 1.86. The van der Waals surface area contributed by atoms with Crippen LogP contribution in [0.3, 0.4) is 0 Å². The maximum atomic E-state index is 12.3. The first kappa shape index (κ1) is 15.0. The Morgan fingerprint density at radius 2 is 2.04 bits per heavy atom. The molecule has 0 unspecified atom stereocenters. The van der Waals surface area contributed by atoms with E-state index in [4.69, 9.17) is 9.40 Å². The van der Waals surface area contributed by atoms with Crippen LogP contribution in [0.4, 0.5) is 0 Å². The number of aryl methyl sites for hydroxylation is 1. The van der Waals surface area contributed by atoms with Gasteiger partial charge in [-0.3, -0.25) is 4.79 Å². The van der Waals surface area contributed by atoms with Crippen molar-refractivity contribution in [1.82, 2.24) is 15.0 Å². The van der Waals surface area contributed by atoms with Crippen molar-refractivity contribution in [3.05, 3.63) is 70.2 Å². The second-order valence-electron chi connectivity index (χ2n) is 6.07. The van der Waals surface area contributed by atoms with Crippen LogP contribution in [0.25, 0.3) is 43.8 Å². The lowest BCUT2D eigenvalue weighted by atomic mass is 10.0. The van der Waals surface area contributed by atoms with Gasteiger partial charge < -0.3 is 9.40 Å². The van der Waals surface area contributed by atoms with Crippen LogP contribution in [0.1, 0.15) is 4.88 Å². The molecule has 5 nitrogen and oxygen atoms in total. The molecule has 5 aromatic rings. The molecule has 0 saturated carbocycles. The van der Waals surface area contributed by atoms with Crippen LogP contribution in [-0.4, -0.2) is 15.0 Å². The number of aromatic amines is 1. The normalized spacial score (nSPS) is 11.4. The standard InChI is InChI=1S/C20H13N3O2S/c1-11-2-5-18(26-11)19-13(9-14-16(24)6-7-21-20(14)23-19)12-3-4-15-17(8-12)25-10-22-15/h2-10H,1H3,(H,21,23,24). The molecular formula is C20H13N3O2S. The molecule has 0 aliphatic carbocycles. The van der Waals surface area contributed by atoms with Crippen LogP contribution in [0.15, 0.2) is 64.3 Å². The van der Waals surface area contributed by atoms with Gasteiger partial charge in [0, 0.05) is 22.7 Å². The summed E-state index contributed by atoms with van der Waals surface area (Å²) < 4.78 is 5.44. The number of pyridine rings is 2. The third-order valence-electron chi connectivity index (χ3n) is 4.36. The number of fused-ring (bicyclic) bond motifs is 2. The quantitative estimate of drug-likeness (QED) is 0.493. The lowest BCUT2D eigenvalue weighted by molar-refractivity contribution is 0.602. The van der Waals surface area contributed by atoms with E-state index >= 15 is 0 Å². The van der Waals surface area contributed by atoms with Crippen LogP contribution >= 0.6 is 11.3 Å². The number of thiophene rings is 1. The smallest absolute Gasteiger partial charge is 0.191 e. The van der Waals surface area contributed by atoms with E-state index in [0.717, 1.165) is 27.2 Å². The van der Waals surface area contributed by atoms with Crippen molar-refractivity contribution in [2.24, 2.45) is 0 Å². The molecule has 0 amide bonds. The summed E-state index contributed by atoms with van der Waals surface area (Å²) in [6.45, 7) is 2.07. The van der Waals surface area contributed by atoms with Crippen LogP contribution in [0.2, 0.25) is 0 Å². The zero-order valence-corrected chi connectivity index (χ0v) is 14.6. The molecule has 0 radical (unpaired) electrons. The van der Waals surface area contributed by atoms with E-state index in [0.29, 0.717) is 16.6 Å². The van der Waals surface area contributed by atoms with Crippen molar-refractivity contribution < 1.29 is 4.42 Å². The Hall–Kier alpha value is -3.25. The fraction of sp³-hybridized carbons (Fsp3) is 0.0500. The number of aromatic nitrogens is 3. The van der Waals surface area contributed by atoms with E-state index in [9.17, 15) is 4.79 Å². The maximum absolute atomic E-state index is 12.3. The van der Waals surface area contributed by atoms with Gasteiger partial charge in [-0.15, -0.1) is 11.3 Å². The number of H-pyrrole nitrogens is 1. The minimum atomic E-state index is -0.0536. The summed E-state index contributed by atoms with van der Waals surface area (Å²) in [6.07, 6.45) is 3.06. The van der Waals surface area contributed by atoms with Gasteiger partial charge in [-0.25, -0.2) is 9.97 Å². The summed E-state index contributed by atoms with van der Waals surface area (Å²) in [5.74, 6) is 0. The fourth-order valence-corrected chi connectivity index (χ4v) is 3.96. The van der Waals surface area contributed by atoms with E-state index in [1.807, 2.05) is 24.3 Å². The molecule has 0 fully saturated rings. The number of rotatable bonds is 2. The highest BCUT2D eigenvalue weighted by Crippen LogP contribution is 2.36. The number of nitrogens with one attached hydrogen (secondary N) is 1. The zero-order chi connectivity index (χ0) is 17.7. The first-order chi connectivity index (χ1) is 12.7. The molecule has 0 spiro atoms. The number of oxazole rings is 1. The Morgan fingerprint density at radius 3 is 2.88 bits per heavy atom. The average molecular weight is 359 g/mol. The number of nitrogens with zero attached hydrogens (tertiary/aromatic N) is 2. The SMILES string of the molecule is Cc1ccc(-c2nc3[nH]ccc(=O)c3cc2-c2ccc3ncoc3c2)s1. The lowest BCUT2D eigenvalue weighted by Crippen LogP contribution is -2.03. The van der Waals surface area contributed by atoms with Crippen molar-refractivity contribution in [2.45, 2.75) is 6.92 Å². The Kier molecular flexibility index (Phi) is 3.26. The van der Waals surface area contributed by atoms with Crippen molar-refractivity contribution in [3.63, 3.8) is 0 Å². The molecule has 1 N–H and O–H groups in total. The van der Waals surface area contributed by atoms with E-state index < -0.39 is 0 Å². The second kappa shape index (κ2) is 5.64. The van der Waals surface area contributed by atoms with E-state index in [1.54, 1.807) is 17.5 Å². The highest BCUT2D eigenvalue weighted by Gasteiger charge is 2.15. The predicted molar refractivity (Wildman–Crippen MR) is 103 cm³/mol. The summed E-state index contributed by atoms with van der Waals surface area (Å²) in [6, 6.07) is 13.4. The minimum absolute atomic E-state index is 0.0536. The van der Waals surface area contributed by atoms with Gasteiger partial charge >= 0.3 is 0 Å². The monoisotopic (exact) mass is 359 g/mol. The van der Waals surface area contributed by atoms with Gasteiger partial charge in [0.05, 0.1) is 16.0 Å². The molecule has 0 bridgehead atoms. The highest BCUT2D eigenvalue weighted by molar-refractivity contribution is 7.15. The molecule has 26 heavy (non-hydrogen) atoms. The molecule has 4 aromatic heterocycles. The molecule has 5 rings (SSSR count). The Labute approximate surface area is 152 Å². The molecular weight excluding hydrogens is 346 g/mol. The van der Waals surface area contributed by atoms with Crippen molar-refractivity contribution >= 4 is 33.5 Å². The first-order valence-electron chi connectivity index (χ1n) is 8.12. The molecule has 0 saturated heterocycles. The van der Waals surface area contributed by atoms with Gasteiger partial charge in [-0.1, -0.05) is 6.07 Å². The molecule has 126 valence electrons. The van der Waals surface area contributed by atoms with Gasteiger partial charge in [-0.2, -0.15) is 0 Å². The molecule has 0 atom stereocenters. The third-order valence-corrected chi connectivity index (χ3v) is 5.37. The summed E-state index contributed by atoms with van der Waals surface area (Å²) in [7, 11) is 0. The Bertz CT molecular complexity index is 1330. The van der Waals surface area contributed by atoms with E-state index in [-0.39, 0.29) is 5.43 Å². The lowest BCUT2D eigenvalue weighted by Gasteiger charge is -2.09. The molecule has 4 heterocycles. The molecule has 6 heteroatoms. The van der Waals surface area contributed by atoms with Gasteiger partial charge in [0.25, 0.3) is 0 Å². The van der Waals surface area contributed by atoms with Crippen molar-refractivity contribution in [1.29, 1.82) is 0 Å². The summed E-state index contributed by atoms with van der Waals surface area (Å²) in [5, 5.41) is 0.567. The second-order valence-corrected chi connectivity index (χ2v) is 7.36. The minimum Gasteiger partial charge on any atom is -0.443 e. The maximum Gasteiger partial charge on any atom is 0.191 e. The van der Waals surface area contributed by atoms with Crippen LogP contribution in [0, 0.1) is 6.92 Å². The van der Waals surface area contributed by atoms with Gasteiger partial charge in [0.15, 0.2) is 17.4 Å². The van der Waals surface area contributed by atoms with E-state index in [1.165, 1.54) is 17.3 Å². The van der Waals surface area contributed by atoms with Crippen molar-refractivity contribution in [3.8, 4) is 21.7 Å². The number of benzene rings is 1. The van der Waals surface area contributed by atoms with Gasteiger partial charge in [0.2, 0.25) is 0 Å². The van der Waals surface area contributed by atoms with Crippen LogP contribution < -0.4 is 5.43 Å². The molecule has 0 aliphatic heterocycles. The average Bonchev–Trinajstić information content (AvgIpc) is 3.29. The van der Waals surface area contributed by atoms with Crippen LogP contribution in [-0.2, 0) is 0 Å². The molecule has 0 aliphatic rings. The third kappa shape index (κ3) is 2.34.